The Morgan fingerprint density at radius 1 is 1.47 bits per heavy atom. The molecule has 0 aromatic heterocycles. The van der Waals surface area contributed by atoms with E-state index in [1.54, 1.807) is 4.90 Å². The summed E-state index contributed by atoms with van der Waals surface area (Å²) in [4.78, 5) is 13.6. The summed E-state index contributed by atoms with van der Waals surface area (Å²) < 4.78 is 11.3. The van der Waals surface area contributed by atoms with Gasteiger partial charge < -0.3 is 19.7 Å². The molecule has 1 saturated heterocycles. The Balaban J connectivity index is 1.94. The summed E-state index contributed by atoms with van der Waals surface area (Å²) in [6.45, 7) is 4.72. The molecular formula is C14H20N2O3. The van der Waals surface area contributed by atoms with E-state index in [4.69, 9.17) is 9.47 Å². The van der Waals surface area contributed by atoms with Gasteiger partial charge in [-0.25, -0.2) is 4.79 Å². The number of para-hydroxylation sites is 1. The molecule has 1 atom stereocenters. The van der Waals surface area contributed by atoms with E-state index in [-0.39, 0.29) is 12.1 Å². The Bertz CT molecular complexity index is 397. The largest absolute Gasteiger partial charge is 0.486 e. The first kappa shape index (κ1) is 13.7. The molecule has 0 bridgehead atoms. The van der Waals surface area contributed by atoms with Crippen LogP contribution in [0.25, 0.3) is 0 Å². The molecule has 1 fully saturated rings. The fourth-order valence-corrected chi connectivity index (χ4v) is 1.99. The summed E-state index contributed by atoms with van der Waals surface area (Å²) in [5.74, 6) is 0.800. The summed E-state index contributed by atoms with van der Waals surface area (Å²) in [6, 6.07) is 9.54. The number of amides is 2. The van der Waals surface area contributed by atoms with E-state index in [1.165, 1.54) is 0 Å². The van der Waals surface area contributed by atoms with E-state index in [0.717, 1.165) is 5.75 Å². The Hall–Kier alpha value is -1.75. The number of nitrogens with zero attached hydrogens (tertiary/aromatic N) is 1. The molecular weight excluding hydrogens is 244 g/mol. The zero-order chi connectivity index (χ0) is 13.5. The van der Waals surface area contributed by atoms with Gasteiger partial charge in [0.1, 0.15) is 11.9 Å². The van der Waals surface area contributed by atoms with Gasteiger partial charge >= 0.3 is 6.03 Å². The van der Waals surface area contributed by atoms with Crippen LogP contribution < -0.4 is 10.1 Å². The van der Waals surface area contributed by atoms with E-state index >= 15 is 0 Å². The summed E-state index contributed by atoms with van der Waals surface area (Å²) in [6.07, 6.45) is -0.132. The van der Waals surface area contributed by atoms with Crippen LogP contribution in [0.4, 0.5) is 4.79 Å². The zero-order valence-electron chi connectivity index (χ0n) is 11.2. The average Bonchev–Trinajstić information content (AvgIpc) is 2.66. The number of benzene rings is 1. The van der Waals surface area contributed by atoms with E-state index < -0.39 is 0 Å². The molecule has 1 N–H and O–H groups in total. The van der Waals surface area contributed by atoms with Crippen molar-refractivity contribution >= 4 is 6.03 Å². The highest BCUT2D eigenvalue weighted by atomic mass is 16.5. The van der Waals surface area contributed by atoms with Crippen molar-refractivity contribution in [1.82, 2.24) is 10.2 Å². The minimum atomic E-state index is -0.132. The van der Waals surface area contributed by atoms with Gasteiger partial charge in [-0.1, -0.05) is 18.2 Å². The highest BCUT2D eigenvalue weighted by molar-refractivity contribution is 5.74. The lowest BCUT2D eigenvalue weighted by atomic mass is 10.3. The predicted octanol–water partition coefficient (Wildman–Crippen LogP) is 1.50. The minimum Gasteiger partial charge on any atom is -0.486 e. The molecule has 19 heavy (non-hydrogen) atoms. The van der Waals surface area contributed by atoms with Crippen molar-refractivity contribution < 1.29 is 14.3 Å². The van der Waals surface area contributed by atoms with Crippen LogP contribution in [0.5, 0.6) is 5.75 Å². The van der Waals surface area contributed by atoms with Crippen molar-refractivity contribution in [1.29, 1.82) is 0 Å². The number of urea groups is 1. The summed E-state index contributed by atoms with van der Waals surface area (Å²) >= 11 is 0. The Morgan fingerprint density at radius 3 is 3.00 bits per heavy atom. The smallest absolute Gasteiger partial charge is 0.317 e. The molecule has 0 saturated carbocycles. The summed E-state index contributed by atoms with van der Waals surface area (Å²) in [5, 5.41) is 2.80. The maximum atomic E-state index is 11.9. The Kier molecular flexibility index (Phi) is 5.03. The van der Waals surface area contributed by atoms with Crippen molar-refractivity contribution in [2.75, 3.05) is 32.8 Å². The molecule has 5 nitrogen and oxygen atoms in total. The van der Waals surface area contributed by atoms with Gasteiger partial charge in [-0.15, -0.1) is 0 Å². The lowest BCUT2D eigenvalue weighted by Crippen LogP contribution is -2.45. The van der Waals surface area contributed by atoms with E-state index in [9.17, 15) is 4.79 Å². The van der Waals surface area contributed by atoms with Gasteiger partial charge in [-0.3, -0.25) is 0 Å². The number of carbonyl (C=O) groups excluding carboxylic acids is 1. The van der Waals surface area contributed by atoms with Crippen molar-refractivity contribution in [3.8, 4) is 5.75 Å². The van der Waals surface area contributed by atoms with Crippen LogP contribution in [-0.4, -0.2) is 49.9 Å². The molecule has 1 aromatic carbocycles. The molecule has 1 aliphatic heterocycles. The first-order chi connectivity index (χ1) is 9.29. The molecule has 1 aliphatic rings. The second-order valence-electron chi connectivity index (χ2n) is 4.41. The molecule has 1 heterocycles. The molecule has 2 rings (SSSR count). The quantitative estimate of drug-likeness (QED) is 0.900. The normalized spacial score (nSPS) is 19.6. The van der Waals surface area contributed by atoms with Crippen LogP contribution in [0.1, 0.15) is 6.92 Å². The Morgan fingerprint density at radius 2 is 2.26 bits per heavy atom. The van der Waals surface area contributed by atoms with Gasteiger partial charge in [-0.2, -0.15) is 0 Å². The molecule has 0 spiro atoms. The topological polar surface area (TPSA) is 50.8 Å². The van der Waals surface area contributed by atoms with Crippen molar-refractivity contribution in [3.05, 3.63) is 30.3 Å². The maximum Gasteiger partial charge on any atom is 0.317 e. The molecule has 0 aliphatic carbocycles. The zero-order valence-corrected chi connectivity index (χ0v) is 11.2. The SMILES string of the molecule is CCNC(=O)N1CCOC[C@H](Oc2ccccc2)C1. The predicted molar refractivity (Wildman–Crippen MR) is 72.3 cm³/mol. The lowest BCUT2D eigenvalue weighted by Gasteiger charge is -2.24. The molecule has 2 amide bonds. The first-order valence-corrected chi connectivity index (χ1v) is 6.62. The van der Waals surface area contributed by atoms with Crippen LogP contribution in [0.2, 0.25) is 0 Å². The first-order valence-electron chi connectivity index (χ1n) is 6.62. The van der Waals surface area contributed by atoms with Gasteiger partial charge in [-0.05, 0) is 19.1 Å². The fourth-order valence-electron chi connectivity index (χ4n) is 1.99. The number of nitrogens with one attached hydrogen (secondary N) is 1. The standard InChI is InChI=1S/C14H20N2O3/c1-2-15-14(17)16-8-9-18-11-13(10-16)19-12-6-4-3-5-7-12/h3-7,13H,2,8-11H2,1H3,(H,15,17)/t13-/m1/s1. The van der Waals surface area contributed by atoms with Gasteiger partial charge in [0.25, 0.3) is 0 Å². The highest BCUT2D eigenvalue weighted by Crippen LogP contribution is 2.13. The van der Waals surface area contributed by atoms with Crippen molar-refractivity contribution in [2.45, 2.75) is 13.0 Å². The third kappa shape index (κ3) is 4.13. The van der Waals surface area contributed by atoms with E-state index in [2.05, 4.69) is 5.32 Å². The van der Waals surface area contributed by atoms with E-state index in [1.807, 2.05) is 37.3 Å². The van der Waals surface area contributed by atoms with Crippen molar-refractivity contribution in [2.24, 2.45) is 0 Å². The Labute approximate surface area is 113 Å². The van der Waals surface area contributed by atoms with Gasteiger partial charge in [0.2, 0.25) is 0 Å². The molecule has 104 valence electrons. The number of ether oxygens (including phenoxy) is 2. The van der Waals surface area contributed by atoms with Gasteiger partial charge in [0, 0.05) is 13.1 Å². The molecule has 0 unspecified atom stereocenters. The van der Waals surface area contributed by atoms with Gasteiger partial charge in [0.05, 0.1) is 19.8 Å². The fraction of sp³-hybridized carbons (Fsp3) is 0.500. The maximum absolute atomic E-state index is 11.9. The van der Waals surface area contributed by atoms with Crippen molar-refractivity contribution in [3.63, 3.8) is 0 Å². The average molecular weight is 264 g/mol. The third-order valence-corrected chi connectivity index (χ3v) is 2.89. The minimum absolute atomic E-state index is 0.0605. The van der Waals surface area contributed by atoms with Gasteiger partial charge in [0.15, 0.2) is 0 Å². The molecule has 5 heteroatoms. The highest BCUT2D eigenvalue weighted by Gasteiger charge is 2.23. The van der Waals surface area contributed by atoms with Crippen LogP contribution >= 0.6 is 0 Å². The lowest BCUT2D eigenvalue weighted by molar-refractivity contribution is 0.0717. The molecule has 1 aromatic rings. The second-order valence-corrected chi connectivity index (χ2v) is 4.41. The van der Waals surface area contributed by atoms with Crippen LogP contribution in [0, 0.1) is 0 Å². The summed E-state index contributed by atoms with van der Waals surface area (Å²) in [5.41, 5.74) is 0. The van der Waals surface area contributed by atoms with E-state index in [0.29, 0.717) is 32.8 Å². The second kappa shape index (κ2) is 6.99. The van der Waals surface area contributed by atoms with Crippen LogP contribution in [0.15, 0.2) is 30.3 Å². The number of carbonyl (C=O) groups is 1. The van der Waals surface area contributed by atoms with Crippen LogP contribution in [0.3, 0.4) is 0 Å². The summed E-state index contributed by atoms with van der Waals surface area (Å²) in [7, 11) is 0. The molecule has 0 radical (unpaired) electrons. The number of hydrogen-bond donors (Lipinski definition) is 1. The van der Waals surface area contributed by atoms with Crippen LogP contribution in [-0.2, 0) is 4.74 Å². The number of hydrogen-bond acceptors (Lipinski definition) is 3. The number of rotatable bonds is 3. The monoisotopic (exact) mass is 264 g/mol. The third-order valence-electron chi connectivity index (χ3n) is 2.89.